The first-order chi connectivity index (χ1) is 9.91. The maximum absolute atomic E-state index is 12.5. The van der Waals surface area contributed by atoms with Crippen LogP contribution in [0, 0.1) is 23.2 Å². The fourth-order valence-electron chi connectivity index (χ4n) is 3.35. The van der Waals surface area contributed by atoms with E-state index in [-0.39, 0.29) is 0 Å². The predicted octanol–water partition coefficient (Wildman–Crippen LogP) is 2.42. The fourth-order valence-corrected chi connectivity index (χ4v) is 4.92. The summed E-state index contributed by atoms with van der Waals surface area (Å²) in [6.45, 7) is 5.44. The lowest BCUT2D eigenvalue weighted by atomic mass is 9.77. The molecule has 1 saturated carbocycles. The van der Waals surface area contributed by atoms with E-state index in [2.05, 4.69) is 24.6 Å². The molecule has 0 amide bonds. The summed E-state index contributed by atoms with van der Waals surface area (Å²) in [5.41, 5.74) is -0.895. The Bertz CT molecular complexity index is 482. The fraction of sp³-hybridized carbons (Fsp3) is 0.933. The Labute approximate surface area is 128 Å². The molecule has 1 N–H and O–H groups in total. The number of rotatable bonds is 4. The van der Waals surface area contributed by atoms with Gasteiger partial charge in [-0.05, 0) is 50.4 Å². The van der Waals surface area contributed by atoms with Crippen molar-refractivity contribution in [2.75, 3.05) is 13.1 Å². The standard InChI is InChI=1S/C15H27N3O2S/c1-3-14-4-8-15(12-16,9-5-14)17-21(19,20)18-10-6-13(2)7-11-18/h13-14,17H,3-11H2,1-2H3. The molecular weight excluding hydrogens is 286 g/mol. The van der Waals surface area contributed by atoms with Crippen molar-refractivity contribution in [2.24, 2.45) is 11.8 Å². The molecule has 0 bridgehead atoms. The van der Waals surface area contributed by atoms with Crippen LogP contribution in [0.15, 0.2) is 0 Å². The Kier molecular flexibility index (Phi) is 5.29. The minimum atomic E-state index is -3.54. The molecule has 0 unspecified atom stereocenters. The van der Waals surface area contributed by atoms with Crippen LogP contribution in [-0.4, -0.2) is 31.4 Å². The number of hydrogen-bond donors (Lipinski definition) is 1. The lowest BCUT2D eigenvalue weighted by Gasteiger charge is -2.37. The van der Waals surface area contributed by atoms with E-state index in [9.17, 15) is 13.7 Å². The van der Waals surface area contributed by atoms with E-state index >= 15 is 0 Å². The first-order valence-electron chi connectivity index (χ1n) is 8.11. The second-order valence-corrected chi connectivity index (χ2v) is 8.40. The van der Waals surface area contributed by atoms with Gasteiger partial charge >= 0.3 is 0 Å². The van der Waals surface area contributed by atoms with Crippen LogP contribution in [0.5, 0.6) is 0 Å². The van der Waals surface area contributed by atoms with Gasteiger partial charge in [0.05, 0.1) is 6.07 Å². The van der Waals surface area contributed by atoms with E-state index in [1.54, 1.807) is 0 Å². The Morgan fingerprint density at radius 3 is 2.29 bits per heavy atom. The van der Waals surface area contributed by atoms with E-state index in [0.29, 0.717) is 37.8 Å². The van der Waals surface area contributed by atoms with Crippen LogP contribution in [0.1, 0.15) is 58.8 Å². The van der Waals surface area contributed by atoms with Crippen LogP contribution in [0.2, 0.25) is 0 Å². The summed E-state index contributed by atoms with van der Waals surface area (Å²) in [6, 6.07) is 2.25. The van der Waals surface area contributed by atoms with Gasteiger partial charge in [0.15, 0.2) is 0 Å². The molecule has 1 heterocycles. The van der Waals surface area contributed by atoms with Crippen molar-refractivity contribution in [3.8, 4) is 6.07 Å². The van der Waals surface area contributed by atoms with Gasteiger partial charge in [-0.25, -0.2) is 0 Å². The highest BCUT2D eigenvalue weighted by atomic mass is 32.2. The Morgan fingerprint density at radius 1 is 1.24 bits per heavy atom. The molecule has 21 heavy (non-hydrogen) atoms. The molecular formula is C15H27N3O2S. The van der Waals surface area contributed by atoms with Crippen molar-refractivity contribution < 1.29 is 8.42 Å². The normalized spacial score (nSPS) is 32.7. The molecule has 0 radical (unpaired) electrons. The van der Waals surface area contributed by atoms with Gasteiger partial charge in [-0.15, -0.1) is 0 Å². The quantitative estimate of drug-likeness (QED) is 0.866. The minimum Gasteiger partial charge on any atom is -0.196 e. The van der Waals surface area contributed by atoms with Crippen LogP contribution in [0.25, 0.3) is 0 Å². The van der Waals surface area contributed by atoms with E-state index in [1.165, 1.54) is 4.31 Å². The van der Waals surface area contributed by atoms with Gasteiger partial charge in [-0.3, -0.25) is 0 Å². The summed E-state index contributed by atoms with van der Waals surface area (Å²) in [6.07, 6.45) is 6.04. The number of nitriles is 1. The van der Waals surface area contributed by atoms with Crippen LogP contribution in [0.4, 0.5) is 0 Å². The molecule has 2 fully saturated rings. The third-order valence-corrected chi connectivity index (χ3v) is 6.85. The summed E-state index contributed by atoms with van der Waals surface area (Å²) in [7, 11) is -3.54. The molecule has 0 spiro atoms. The number of hydrogen-bond acceptors (Lipinski definition) is 3. The van der Waals surface area contributed by atoms with Crippen molar-refractivity contribution in [3.63, 3.8) is 0 Å². The Hall–Kier alpha value is -0.640. The lowest BCUT2D eigenvalue weighted by Crippen LogP contribution is -2.55. The average molecular weight is 313 g/mol. The summed E-state index contributed by atoms with van der Waals surface area (Å²) in [5.74, 6) is 1.22. The first-order valence-corrected chi connectivity index (χ1v) is 9.55. The van der Waals surface area contributed by atoms with Crippen LogP contribution >= 0.6 is 0 Å². The summed E-state index contributed by atoms with van der Waals surface area (Å²) in [4.78, 5) is 0. The number of nitrogens with one attached hydrogen (secondary N) is 1. The van der Waals surface area contributed by atoms with Gasteiger partial charge in [-0.1, -0.05) is 20.3 Å². The Morgan fingerprint density at radius 2 is 1.81 bits per heavy atom. The van der Waals surface area contributed by atoms with Gasteiger partial charge < -0.3 is 0 Å². The van der Waals surface area contributed by atoms with E-state index < -0.39 is 15.7 Å². The highest BCUT2D eigenvalue weighted by Gasteiger charge is 2.40. The van der Waals surface area contributed by atoms with Gasteiger partial charge in [0.1, 0.15) is 5.54 Å². The summed E-state index contributed by atoms with van der Waals surface area (Å²) >= 11 is 0. The molecule has 0 atom stereocenters. The third kappa shape index (κ3) is 3.97. The third-order valence-electron chi connectivity index (χ3n) is 5.16. The monoisotopic (exact) mass is 313 g/mol. The van der Waals surface area contributed by atoms with Crippen molar-refractivity contribution in [2.45, 2.75) is 64.3 Å². The van der Waals surface area contributed by atoms with Crippen LogP contribution in [-0.2, 0) is 10.2 Å². The number of piperidine rings is 1. The zero-order valence-corrected chi connectivity index (χ0v) is 14.0. The van der Waals surface area contributed by atoms with E-state index in [4.69, 9.17) is 0 Å². The molecule has 0 aromatic rings. The first kappa shape index (κ1) is 16.7. The van der Waals surface area contributed by atoms with Crippen molar-refractivity contribution in [1.82, 2.24) is 9.03 Å². The average Bonchev–Trinajstić information content (AvgIpc) is 2.48. The molecule has 6 heteroatoms. The summed E-state index contributed by atoms with van der Waals surface area (Å²) < 4.78 is 29.3. The van der Waals surface area contributed by atoms with Crippen molar-refractivity contribution >= 4 is 10.2 Å². The van der Waals surface area contributed by atoms with E-state index in [0.717, 1.165) is 32.1 Å². The smallest absolute Gasteiger partial charge is 0.196 e. The Balaban J connectivity index is 2.03. The van der Waals surface area contributed by atoms with Gasteiger partial charge in [0.2, 0.25) is 0 Å². The van der Waals surface area contributed by atoms with Crippen molar-refractivity contribution in [1.29, 1.82) is 5.26 Å². The molecule has 2 rings (SSSR count). The molecule has 0 aromatic heterocycles. The maximum Gasteiger partial charge on any atom is 0.280 e. The van der Waals surface area contributed by atoms with Crippen LogP contribution in [0.3, 0.4) is 0 Å². The predicted molar refractivity (Wildman–Crippen MR) is 82.6 cm³/mol. The highest BCUT2D eigenvalue weighted by Crippen LogP contribution is 2.34. The number of nitrogens with zero attached hydrogens (tertiary/aromatic N) is 2. The molecule has 1 aliphatic heterocycles. The zero-order chi connectivity index (χ0) is 15.5. The second kappa shape index (κ2) is 6.64. The molecule has 120 valence electrons. The van der Waals surface area contributed by atoms with E-state index in [1.807, 2.05) is 0 Å². The zero-order valence-electron chi connectivity index (χ0n) is 13.1. The topological polar surface area (TPSA) is 73.2 Å². The molecule has 2 aliphatic rings. The maximum atomic E-state index is 12.5. The van der Waals surface area contributed by atoms with Gasteiger partial charge in [-0.2, -0.15) is 22.7 Å². The van der Waals surface area contributed by atoms with Crippen molar-refractivity contribution in [3.05, 3.63) is 0 Å². The molecule has 1 aliphatic carbocycles. The molecule has 0 aromatic carbocycles. The molecule has 5 nitrogen and oxygen atoms in total. The van der Waals surface area contributed by atoms with Gasteiger partial charge in [0.25, 0.3) is 10.2 Å². The lowest BCUT2D eigenvalue weighted by molar-refractivity contribution is 0.244. The van der Waals surface area contributed by atoms with Gasteiger partial charge in [0, 0.05) is 13.1 Å². The van der Waals surface area contributed by atoms with Crippen LogP contribution < -0.4 is 4.72 Å². The SMILES string of the molecule is CCC1CCC(C#N)(NS(=O)(=O)N2CCC(C)CC2)CC1. The second-order valence-electron chi connectivity index (χ2n) is 6.73. The molecule has 1 saturated heterocycles. The highest BCUT2D eigenvalue weighted by molar-refractivity contribution is 7.87. The summed E-state index contributed by atoms with van der Waals surface area (Å²) in [5, 5.41) is 9.51. The largest absolute Gasteiger partial charge is 0.280 e. The minimum absolute atomic E-state index is 0.565.